The zero-order chi connectivity index (χ0) is 17.8. The summed E-state index contributed by atoms with van der Waals surface area (Å²) in [5, 5.41) is 19.9. The maximum Gasteiger partial charge on any atom is 0.261 e. The fourth-order valence-electron chi connectivity index (χ4n) is 2.88. The summed E-state index contributed by atoms with van der Waals surface area (Å²) in [4.78, 5) is 14.4. The zero-order valence-electron chi connectivity index (χ0n) is 14.1. The molecule has 1 amide bonds. The molecule has 0 spiro atoms. The summed E-state index contributed by atoms with van der Waals surface area (Å²) in [6.07, 6.45) is 1.90. The molecule has 0 aliphatic carbocycles. The molecule has 0 bridgehead atoms. The normalized spacial score (nSPS) is 13.7. The van der Waals surface area contributed by atoms with Crippen LogP contribution < -0.4 is 9.47 Å². The molecule has 0 saturated carbocycles. The van der Waals surface area contributed by atoms with Gasteiger partial charge in [0.2, 0.25) is 0 Å². The number of hydrogen-bond acceptors (Lipinski definition) is 5. The first-order valence-corrected chi connectivity index (χ1v) is 8.19. The van der Waals surface area contributed by atoms with Crippen LogP contribution in [0.5, 0.6) is 23.0 Å². The highest BCUT2D eigenvalue weighted by molar-refractivity contribution is 6.00. The number of methoxy groups -OCH3 is 1. The number of carbonyl (C=O) groups excluding carboxylic acids is 1. The van der Waals surface area contributed by atoms with Crippen molar-refractivity contribution in [3.8, 4) is 23.0 Å². The van der Waals surface area contributed by atoms with Crippen molar-refractivity contribution >= 4 is 5.91 Å². The van der Waals surface area contributed by atoms with E-state index >= 15 is 0 Å². The van der Waals surface area contributed by atoms with Crippen molar-refractivity contribution in [2.24, 2.45) is 0 Å². The molecule has 1 aliphatic rings. The van der Waals surface area contributed by atoms with E-state index in [1.807, 2.05) is 24.3 Å². The first-order chi connectivity index (χ1) is 12.1. The Balaban J connectivity index is 1.82. The van der Waals surface area contributed by atoms with Crippen LogP contribution in [0.25, 0.3) is 0 Å². The van der Waals surface area contributed by atoms with E-state index in [4.69, 9.17) is 9.47 Å². The minimum absolute atomic E-state index is 0.0909. The maximum atomic E-state index is 12.7. The lowest BCUT2D eigenvalue weighted by Gasteiger charge is -2.19. The average Bonchev–Trinajstić information content (AvgIpc) is 3.14. The summed E-state index contributed by atoms with van der Waals surface area (Å²) in [6, 6.07) is 9.84. The standard InChI is InChI=1S/C19H21NO5/c1-24-15-6-4-13(5-7-15)12-25-17-11-14(21)10-16(22)18(17)19(23)20-8-2-3-9-20/h4-7,10-11,21-22H,2-3,8-9,12H2,1H3. The third-order valence-electron chi connectivity index (χ3n) is 4.23. The van der Waals surface area contributed by atoms with Gasteiger partial charge in [-0.25, -0.2) is 0 Å². The fourth-order valence-corrected chi connectivity index (χ4v) is 2.88. The number of nitrogens with zero attached hydrogens (tertiary/aromatic N) is 1. The number of amides is 1. The monoisotopic (exact) mass is 343 g/mol. The minimum Gasteiger partial charge on any atom is -0.508 e. The number of hydrogen-bond donors (Lipinski definition) is 2. The van der Waals surface area contributed by atoms with Gasteiger partial charge < -0.3 is 24.6 Å². The van der Waals surface area contributed by atoms with Gasteiger partial charge >= 0.3 is 0 Å². The van der Waals surface area contributed by atoms with Gasteiger partial charge in [0.15, 0.2) is 0 Å². The van der Waals surface area contributed by atoms with Gasteiger partial charge in [0, 0.05) is 25.2 Å². The van der Waals surface area contributed by atoms with Gasteiger partial charge in [-0.3, -0.25) is 4.79 Å². The van der Waals surface area contributed by atoms with Crippen molar-refractivity contribution in [1.29, 1.82) is 0 Å². The first-order valence-electron chi connectivity index (χ1n) is 8.19. The van der Waals surface area contributed by atoms with Crippen molar-refractivity contribution in [3.05, 3.63) is 47.5 Å². The zero-order valence-corrected chi connectivity index (χ0v) is 14.1. The van der Waals surface area contributed by atoms with E-state index in [1.165, 1.54) is 6.07 Å². The second kappa shape index (κ2) is 7.34. The summed E-state index contributed by atoms with van der Waals surface area (Å²) < 4.78 is 10.8. The molecule has 2 aromatic rings. The largest absolute Gasteiger partial charge is 0.508 e. The lowest BCUT2D eigenvalue weighted by Crippen LogP contribution is -2.28. The fraction of sp³-hybridized carbons (Fsp3) is 0.316. The van der Waals surface area contributed by atoms with Crippen LogP contribution in [0.1, 0.15) is 28.8 Å². The van der Waals surface area contributed by atoms with E-state index in [-0.39, 0.29) is 35.3 Å². The van der Waals surface area contributed by atoms with E-state index in [1.54, 1.807) is 12.0 Å². The number of benzene rings is 2. The second-order valence-electron chi connectivity index (χ2n) is 5.97. The highest BCUT2D eigenvalue weighted by Crippen LogP contribution is 2.35. The van der Waals surface area contributed by atoms with Crippen LogP contribution in [0.4, 0.5) is 0 Å². The number of aromatic hydroxyl groups is 2. The molecule has 6 nitrogen and oxygen atoms in total. The topological polar surface area (TPSA) is 79.2 Å². The van der Waals surface area contributed by atoms with Gasteiger partial charge in [0.25, 0.3) is 5.91 Å². The lowest BCUT2D eigenvalue weighted by molar-refractivity contribution is 0.0784. The number of carbonyl (C=O) groups is 1. The molecule has 1 saturated heterocycles. The molecule has 1 aliphatic heterocycles. The molecule has 25 heavy (non-hydrogen) atoms. The van der Waals surface area contributed by atoms with Crippen LogP contribution in [0.3, 0.4) is 0 Å². The van der Waals surface area contributed by atoms with Crippen LogP contribution in [0, 0.1) is 0 Å². The van der Waals surface area contributed by atoms with Gasteiger partial charge in [-0.05, 0) is 30.5 Å². The molecule has 132 valence electrons. The number of phenols is 2. The molecule has 2 aromatic carbocycles. The van der Waals surface area contributed by atoms with Crippen LogP contribution in [0.2, 0.25) is 0 Å². The Morgan fingerprint density at radius 3 is 2.44 bits per heavy atom. The summed E-state index contributed by atoms with van der Waals surface area (Å²) in [5.41, 5.74) is 0.969. The molecule has 0 unspecified atom stereocenters. The van der Waals surface area contributed by atoms with Gasteiger partial charge in [-0.1, -0.05) is 12.1 Å². The first kappa shape index (κ1) is 17.0. The van der Waals surface area contributed by atoms with Gasteiger partial charge in [-0.15, -0.1) is 0 Å². The number of likely N-dealkylation sites (tertiary alicyclic amines) is 1. The van der Waals surface area contributed by atoms with E-state index in [0.29, 0.717) is 13.1 Å². The van der Waals surface area contributed by atoms with Crippen LogP contribution >= 0.6 is 0 Å². The highest BCUT2D eigenvalue weighted by atomic mass is 16.5. The lowest BCUT2D eigenvalue weighted by atomic mass is 10.1. The smallest absolute Gasteiger partial charge is 0.261 e. The van der Waals surface area contributed by atoms with Crippen molar-refractivity contribution in [3.63, 3.8) is 0 Å². The SMILES string of the molecule is COc1ccc(COc2cc(O)cc(O)c2C(=O)N2CCCC2)cc1. The van der Waals surface area contributed by atoms with Crippen molar-refractivity contribution in [2.45, 2.75) is 19.4 Å². The molecule has 6 heteroatoms. The highest BCUT2D eigenvalue weighted by Gasteiger charge is 2.26. The van der Waals surface area contributed by atoms with Gasteiger partial charge in [0.05, 0.1) is 7.11 Å². The van der Waals surface area contributed by atoms with Crippen molar-refractivity contribution in [2.75, 3.05) is 20.2 Å². The molecule has 1 heterocycles. The summed E-state index contributed by atoms with van der Waals surface area (Å²) >= 11 is 0. The van der Waals surface area contributed by atoms with E-state index in [9.17, 15) is 15.0 Å². The number of rotatable bonds is 5. The molecule has 3 rings (SSSR count). The molecule has 1 fully saturated rings. The molecular formula is C19H21NO5. The van der Waals surface area contributed by atoms with Crippen LogP contribution in [-0.4, -0.2) is 41.2 Å². The van der Waals surface area contributed by atoms with Gasteiger partial charge in [0.1, 0.15) is 35.2 Å². The third-order valence-corrected chi connectivity index (χ3v) is 4.23. The average molecular weight is 343 g/mol. The Labute approximate surface area is 146 Å². The van der Waals surface area contributed by atoms with E-state index in [0.717, 1.165) is 30.2 Å². The Hall–Kier alpha value is -2.89. The van der Waals surface area contributed by atoms with Crippen LogP contribution in [-0.2, 0) is 6.61 Å². The quantitative estimate of drug-likeness (QED) is 0.873. The molecular weight excluding hydrogens is 322 g/mol. The minimum atomic E-state index is -0.278. The van der Waals surface area contributed by atoms with E-state index in [2.05, 4.69) is 0 Å². The number of ether oxygens (including phenoxy) is 2. The summed E-state index contributed by atoms with van der Waals surface area (Å²) in [5.74, 6) is 0.204. The third kappa shape index (κ3) is 3.79. The molecule has 0 atom stereocenters. The summed E-state index contributed by atoms with van der Waals surface area (Å²) in [7, 11) is 1.59. The summed E-state index contributed by atoms with van der Waals surface area (Å²) in [6.45, 7) is 1.53. The van der Waals surface area contributed by atoms with E-state index < -0.39 is 0 Å². The predicted octanol–water partition coefficient (Wildman–Crippen LogP) is 2.92. The van der Waals surface area contributed by atoms with Gasteiger partial charge in [-0.2, -0.15) is 0 Å². The maximum absolute atomic E-state index is 12.7. The van der Waals surface area contributed by atoms with Crippen molar-refractivity contribution in [1.82, 2.24) is 4.90 Å². The Bertz CT molecular complexity index is 751. The Kier molecular flexibility index (Phi) is 4.97. The van der Waals surface area contributed by atoms with Crippen LogP contribution in [0.15, 0.2) is 36.4 Å². The molecule has 0 radical (unpaired) electrons. The Morgan fingerprint density at radius 2 is 1.80 bits per heavy atom. The predicted molar refractivity (Wildman–Crippen MR) is 92.2 cm³/mol. The number of phenolic OH excluding ortho intramolecular Hbond substituents is 2. The molecule has 2 N–H and O–H groups in total. The van der Waals surface area contributed by atoms with Crippen molar-refractivity contribution < 1.29 is 24.5 Å². The Morgan fingerprint density at radius 1 is 1.12 bits per heavy atom. The molecule has 0 aromatic heterocycles. The second-order valence-corrected chi connectivity index (χ2v) is 5.97.